The van der Waals surface area contributed by atoms with Crippen LogP contribution in [0.1, 0.15) is 58.3 Å². The van der Waals surface area contributed by atoms with E-state index in [0.29, 0.717) is 17.7 Å². The molecule has 0 aliphatic rings. The fourth-order valence-electron chi connectivity index (χ4n) is 2.99. The molecule has 0 spiro atoms. The first-order chi connectivity index (χ1) is 14.0. The third kappa shape index (κ3) is 5.79. The molecule has 2 rings (SSSR count). The van der Waals surface area contributed by atoms with Gasteiger partial charge in [0, 0.05) is 25.2 Å². The van der Waals surface area contributed by atoms with Gasteiger partial charge < -0.3 is 4.74 Å². The van der Waals surface area contributed by atoms with Gasteiger partial charge in [-0.15, -0.1) is 0 Å². The molecular weight excluding hydrogens is 370 g/mol. The zero-order chi connectivity index (χ0) is 21.2. The summed E-state index contributed by atoms with van der Waals surface area (Å²) >= 11 is 0. The third-order valence-electron chi connectivity index (χ3n) is 4.45. The fraction of sp³-hybridized carbons (Fsp3) is 0.364. The van der Waals surface area contributed by atoms with Gasteiger partial charge in [-0.1, -0.05) is 12.1 Å². The minimum atomic E-state index is -1.14. The Kier molecular flexibility index (Phi) is 8.16. The Morgan fingerprint density at radius 3 is 2.48 bits per heavy atom. The summed E-state index contributed by atoms with van der Waals surface area (Å²) in [4.78, 5) is 46.3. The lowest BCUT2D eigenvalue weighted by Crippen LogP contribution is -2.28. The molecule has 1 atom stereocenters. The summed E-state index contributed by atoms with van der Waals surface area (Å²) in [5.41, 5.74) is 1.80. The topological polar surface area (TPSA) is 110 Å². The second kappa shape index (κ2) is 10.8. The van der Waals surface area contributed by atoms with Crippen molar-refractivity contribution in [1.29, 1.82) is 5.26 Å². The van der Waals surface area contributed by atoms with Crippen LogP contribution in [0.5, 0.6) is 0 Å². The summed E-state index contributed by atoms with van der Waals surface area (Å²) < 4.78 is 5.06. The number of pyridine rings is 2. The van der Waals surface area contributed by atoms with Crippen molar-refractivity contribution in [3.63, 3.8) is 0 Å². The average molecular weight is 393 g/mol. The summed E-state index contributed by atoms with van der Waals surface area (Å²) in [7, 11) is 0. The van der Waals surface area contributed by atoms with Crippen LogP contribution in [0.4, 0.5) is 0 Å². The first-order valence-electron chi connectivity index (χ1n) is 9.46. The molecule has 1 unspecified atom stereocenters. The van der Waals surface area contributed by atoms with Crippen LogP contribution >= 0.6 is 0 Å². The minimum Gasteiger partial charge on any atom is -0.465 e. The molecule has 0 fully saturated rings. The highest BCUT2D eigenvalue weighted by Crippen LogP contribution is 2.20. The molecule has 0 radical (unpaired) electrons. The second-order valence-corrected chi connectivity index (χ2v) is 6.47. The molecule has 0 amide bonds. The van der Waals surface area contributed by atoms with E-state index in [-0.39, 0.29) is 37.3 Å². The van der Waals surface area contributed by atoms with Crippen LogP contribution < -0.4 is 0 Å². The van der Waals surface area contributed by atoms with Gasteiger partial charge >= 0.3 is 5.97 Å². The molecule has 2 aromatic heterocycles. The van der Waals surface area contributed by atoms with Gasteiger partial charge in [0.1, 0.15) is 17.3 Å². The lowest BCUT2D eigenvalue weighted by atomic mass is 9.91. The van der Waals surface area contributed by atoms with Crippen molar-refractivity contribution in [3.8, 4) is 6.07 Å². The smallest absolute Gasteiger partial charge is 0.316 e. The van der Waals surface area contributed by atoms with E-state index < -0.39 is 17.7 Å². The molecule has 0 saturated carbocycles. The molecule has 0 aliphatic carbocycles. The first-order valence-corrected chi connectivity index (χ1v) is 9.46. The number of nitrogens with zero attached hydrogens (tertiary/aromatic N) is 3. The number of Topliss-reactive ketones (excluding diaryl/α,β-unsaturated/α-hetero) is 2. The number of aryl methyl sites for hydroxylation is 2. The van der Waals surface area contributed by atoms with Gasteiger partial charge in [0.05, 0.1) is 12.7 Å². The van der Waals surface area contributed by atoms with Gasteiger partial charge in [0.15, 0.2) is 11.6 Å². The highest BCUT2D eigenvalue weighted by atomic mass is 16.5. The van der Waals surface area contributed by atoms with Gasteiger partial charge in [-0.2, -0.15) is 5.26 Å². The lowest BCUT2D eigenvalue weighted by Gasteiger charge is -2.15. The van der Waals surface area contributed by atoms with Gasteiger partial charge in [0.2, 0.25) is 0 Å². The molecule has 29 heavy (non-hydrogen) atoms. The molecule has 2 heterocycles. The van der Waals surface area contributed by atoms with E-state index in [1.807, 2.05) is 6.07 Å². The van der Waals surface area contributed by atoms with E-state index in [2.05, 4.69) is 9.97 Å². The SMILES string of the molecule is CCOC(=O)C(CCC(=O)c1ncccc1C)C(=O)c1ncccc1CCC#N. The van der Waals surface area contributed by atoms with E-state index >= 15 is 0 Å². The van der Waals surface area contributed by atoms with Crippen LogP contribution in [0.3, 0.4) is 0 Å². The summed E-state index contributed by atoms with van der Waals surface area (Å²) in [6.45, 7) is 3.56. The van der Waals surface area contributed by atoms with Gasteiger partial charge in [-0.3, -0.25) is 24.4 Å². The molecule has 150 valence electrons. The Morgan fingerprint density at radius 1 is 1.14 bits per heavy atom. The predicted molar refractivity (Wildman–Crippen MR) is 105 cm³/mol. The number of ether oxygens (including phenoxy) is 1. The summed E-state index contributed by atoms with van der Waals surface area (Å²) in [6.07, 6.45) is 3.56. The largest absolute Gasteiger partial charge is 0.465 e. The standard InChI is InChI=1S/C22H23N3O4/c1-3-29-22(28)17(10-11-18(26)19-15(2)7-5-13-24-19)21(27)20-16(8-4-12-23)9-6-14-25-20/h5-7,9,13-14,17H,3-4,8,10-11H2,1-2H3. The van der Waals surface area contributed by atoms with Gasteiger partial charge in [0.25, 0.3) is 0 Å². The number of carbonyl (C=O) groups is 3. The molecule has 7 heteroatoms. The second-order valence-electron chi connectivity index (χ2n) is 6.47. The fourth-order valence-corrected chi connectivity index (χ4v) is 2.99. The zero-order valence-corrected chi connectivity index (χ0v) is 16.6. The van der Waals surface area contributed by atoms with E-state index in [9.17, 15) is 14.4 Å². The molecule has 0 aliphatic heterocycles. The van der Waals surface area contributed by atoms with Crippen LogP contribution in [0, 0.1) is 24.2 Å². The normalized spacial score (nSPS) is 11.3. The molecular formula is C22H23N3O4. The third-order valence-corrected chi connectivity index (χ3v) is 4.45. The number of nitriles is 1. The van der Waals surface area contributed by atoms with Crippen molar-refractivity contribution >= 4 is 17.5 Å². The van der Waals surface area contributed by atoms with E-state index in [1.54, 1.807) is 38.1 Å². The van der Waals surface area contributed by atoms with Gasteiger partial charge in [-0.05, 0) is 49.9 Å². The van der Waals surface area contributed by atoms with Crippen molar-refractivity contribution in [3.05, 3.63) is 59.2 Å². The predicted octanol–water partition coefficient (Wildman–Crippen LogP) is 3.27. The Hall–Kier alpha value is -3.40. The molecule has 0 N–H and O–H groups in total. The molecule has 7 nitrogen and oxygen atoms in total. The maximum absolute atomic E-state index is 13.1. The van der Waals surface area contributed by atoms with Crippen LogP contribution in [-0.4, -0.2) is 34.1 Å². The first kappa shape index (κ1) is 21.9. The Bertz CT molecular complexity index is 934. The maximum atomic E-state index is 13.1. The van der Waals surface area contributed by atoms with Crippen molar-refractivity contribution in [2.24, 2.45) is 5.92 Å². The van der Waals surface area contributed by atoms with Crippen LogP contribution in [0.2, 0.25) is 0 Å². The number of aromatic nitrogens is 2. The van der Waals surface area contributed by atoms with E-state index in [4.69, 9.17) is 10.00 Å². The van der Waals surface area contributed by atoms with Gasteiger partial charge in [-0.25, -0.2) is 0 Å². The lowest BCUT2D eigenvalue weighted by molar-refractivity contribution is -0.146. The van der Waals surface area contributed by atoms with Crippen molar-refractivity contribution < 1.29 is 19.1 Å². The Labute approximate surface area is 169 Å². The number of hydrogen-bond acceptors (Lipinski definition) is 7. The highest BCUT2D eigenvalue weighted by molar-refractivity contribution is 6.08. The average Bonchev–Trinajstić information content (AvgIpc) is 2.72. The summed E-state index contributed by atoms with van der Waals surface area (Å²) in [5.74, 6) is -2.56. The number of hydrogen-bond donors (Lipinski definition) is 0. The van der Waals surface area contributed by atoms with Crippen molar-refractivity contribution in [2.75, 3.05) is 6.61 Å². The van der Waals surface area contributed by atoms with Crippen molar-refractivity contribution in [1.82, 2.24) is 9.97 Å². The molecule has 0 bridgehead atoms. The molecule has 0 aromatic carbocycles. The summed E-state index contributed by atoms with van der Waals surface area (Å²) in [5, 5.41) is 8.83. The molecule has 0 saturated heterocycles. The monoisotopic (exact) mass is 393 g/mol. The van der Waals surface area contributed by atoms with Crippen LogP contribution in [0.25, 0.3) is 0 Å². The quantitative estimate of drug-likeness (QED) is 0.346. The van der Waals surface area contributed by atoms with Crippen molar-refractivity contribution in [2.45, 2.75) is 39.5 Å². The highest BCUT2D eigenvalue weighted by Gasteiger charge is 2.32. The van der Waals surface area contributed by atoms with E-state index in [0.717, 1.165) is 5.56 Å². The maximum Gasteiger partial charge on any atom is 0.316 e. The number of esters is 1. The summed E-state index contributed by atoms with van der Waals surface area (Å²) in [6, 6.07) is 8.94. The Morgan fingerprint density at radius 2 is 1.83 bits per heavy atom. The Balaban J connectivity index is 2.24. The number of rotatable bonds is 10. The van der Waals surface area contributed by atoms with Crippen LogP contribution in [-0.2, 0) is 16.0 Å². The number of ketones is 2. The van der Waals surface area contributed by atoms with Crippen LogP contribution in [0.15, 0.2) is 36.7 Å². The zero-order valence-electron chi connectivity index (χ0n) is 16.6. The molecule has 2 aromatic rings. The number of carbonyl (C=O) groups excluding carboxylic acids is 3. The minimum absolute atomic E-state index is 0.000772. The van der Waals surface area contributed by atoms with E-state index in [1.165, 1.54) is 12.4 Å².